The van der Waals surface area contributed by atoms with Crippen LogP contribution in [0.5, 0.6) is 0 Å². The van der Waals surface area contributed by atoms with Crippen molar-refractivity contribution in [3.8, 4) is 0 Å². The second kappa shape index (κ2) is 11.3. The van der Waals surface area contributed by atoms with E-state index in [4.69, 9.17) is 0 Å². The Bertz CT molecular complexity index is 851. The van der Waals surface area contributed by atoms with E-state index in [1.54, 1.807) is 0 Å². The molecule has 1 aliphatic carbocycles. The summed E-state index contributed by atoms with van der Waals surface area (Å²) in [5.41, 5.74) is 1.72. The van der Waals surface area contributed by atoms with Crippen LogP contribution in [0.1, 0.15) is 88.0 Å². The van der Waals surface area contributed by atoms with Gasteiger partial charge in [0.05, 0.1) is 12.6 Å². The maximum atomic E-state index is 13.2. The van der Waals surface area contributed by atoms with E-state index in [0.717, 1.165) is 70.3 Å². The molecule has 182 valence electrons. The zero-order valence-electron chi connectivity index (χ0n) is 20.1. The first-order valence-electron chi connectivity index (χ1n) is 13.0. The fraction of sp³-hybridized carbons (Fsp3) is 0.667. The molecule has 1 unspecified atom stereocenters. The van der Waals surface area contributed by atoms with Crippen LogP contribution in [-0.2, 0) is 9.59 Å². The predicted octanol–water partition coefficient (Wildman–Crippen LogP) is 4.00. The molecule has 4 rings (SSSR count). The van der Waals surface area contributed by atoms with Crippen LogP contribution in [0, 0.1) is 5.92 Å². The summed E-state index contributed by atoms with van der Waals surface area (Å²) >= 11 is 0. The molecule has 0 aromatic heterocycles. The molecule has 1 N–H and O–H groups in total. The molecule has 0 radical (unpaired) electrons. The largest absolute Gasteiger partial charge is 0.342 e. The number of hydrogen-bond donors (Lipinski definition) is 1. The molecule has 6 nitrogen and oxygen atoms in total. The number of nitrogens with zero attached hydrogens (tertiary/aromatic N) is 2. The fourth-order valence-electron chi connectivity index (χ4n) is 5.61. The van der Waals surface area contributed by atoms with Crippen LogP contribution in [0.3, 0.4) is 0 Å². The Morgan fingerprint density at radius 3 is 2.52 bits per heavy atom. The number of Topliss-reactive ketones (excluding diaryl/α,β-unsaturated/α-hetero) is 1. The summed E-state index contributed by atoms with van der Waals surface area (Å²) < 4.78 is 0. The molecule has 1 aromatic carbocycles. The molecule has 0 spiro atoms. The lowest BCUT2D eigenvalue weighted by atomic mass is 9.81. The average Bonchev–Trinajstić information content (AvgIpc) is 2.84. The van der Waals surface area contributed by atoms with Gasteiger partial charge in [0.1, 0.15) is 0 Å². The van der Waals surface area contributed by atoms with E-state index >= 15 is 0 Å². The summed E-state index contributed by atoms with van der Waals surface area (Å²) in [5, 5.41) is 3.09. The van der Waals surface area contributed by atoms with Crippen molar-refractivity contribution in [1.82, 2.24) is 15.1 Å². The topological polar surface area (TPSA) is 69.7 Å². The van der Waals surface area contributed by atoms with Crippen molar-refractivity contribution in [2.24, 2.45) is 5.92 Å². The molecule has 2 saturated heterocycles. The maximum Gasteiger partial charge on any atom is 0.251 e. The minimum atomic E-state index is -0.379. The number of nitrogens with one attached hydrogen (secondary N) is 1. The molecule has 3 fully saturated rings. The SMILES string of the molecule is CCC(=O)[C@H](NC(=O)c1cccc(C2CCCN(C(=O)CN3CCC3)C2)c1)C1CCCCC1.[HH]. The highest BCUT2D eigenvalue weighted by Crippen LogP contribution is 2.29. The van der Waals surface area contributed by atoms with Crippen molar-refractivity contribution < 1.29 is 15.8 Å². The van der Waals surface area contributed by atoms with Gasteiger partial charge in [-0.3, -0.25) is 19.3 Å². The van der Waals surface area contributed by atoms with Gasteiger partial charge in [0.15, 0.2) is 5.78 Å². The lowest BCUT2D eigenvalue weighted by Crippen LogP contribution is -2.48. The normalized spacial score (nSPS) is 22.9. The van der Waals surface area contributed by atoms with Gasteiger partial charge in [0.25, 0.3) is 5.91 Å². The lowest BCUT2D eigenvalue weighted by Gasteiger charge is -2.36. The summed E-state index contributed by atoms with van der Waals surface area (Å²) in [5.74, 6) is 0.702. The van der Waals surface area contributed by atoms with Crippen molar-refractivity contribution >= 4 is 17.6 Å². The number of rotatable bonds is 8. The molecular weight excluding hydrogens is 414 g/mol. The zero-order chi connectivity index (χ0) is 23.2. The molecule has 1 saturated carbocycles. The van der Waals surface area contributed by atoms with Crippen LogP contribution in [0.2, 0.25) is 0 Å². The second-order valence-electron chi connectivity index (χ2n) is 10.1. The third-order valence-electron chi connectivity index (χ3n) is 7.81. The zero-order valence-corrected chi connectivity index (χ0v) is 20.1. The van der Waals surface area contributed by atoms with Gasteiger partial charge in [0, 0.05) is 32.4 Å². The van der Waals surface area contributed by atoms with E-state index in [2.05, 4.69) is 16.3 Å². The first-order valence-corrected chi connectivity index (χ1v) is 13.0. The molecule has 2 amide bonds. The maximum absolute atomic E-state index is 13.2. The van der Waals surface area contributed by atoms with E-state index in [1.807, 2.05) is 30.0 Å². The van der Waals surface area contributed by atoms with E-state index in [1.165, 1.54) is 12.8 Å². The van der Waals surface area contributed by atoms with Gasteiger partial charge in [0.2, 0.25) is 5.91 Å². The Labute approximate surface area is 199 Å². The summed E-state index contributed by atoms with van der Waals surface area (Å²) in [6, 6.07) is 7.43. The van der Waals surface area contributed by atoms with Crippen LogP contribution < -0.4 is 5.32 Å². The Morgan fingerprint density at radius 2 is 1.82 bits per heavy atom. The number of likely N-dealkylation sites (tertiary alicyclic amines) is 2. The van der Waals surface area contributed by atoms with Crippen LogP contribution in [-0.4, -0.2) is 66.2 Å². The van der Waals surface area contributed by atoms with Crippen molar-refractivity contribution in [3.63, 3.8) is 0 Å². The number of hydrogen-bond acceptors (Lipinski definition) is 4. The summed E-state index contributed by atoms with van der Waals surface area (Å²) in [7, 11) is 0. The van der Waals surface area contributed by atoms with E-state index in [9.17, 15) is 14.4 Å². The summed E-state index contributed by atoms with van der Waals surface area (Å²) in [6.45, 7) is 6.01. The lowest BCUT2D eigenvalue weighted by molar-refractivity contribution is -0.134. The van der Waals surface area contributed by atoms with E-state index in [0.29, 0.717) is 18.5 Å². The molecule has 1 aromatic rings. The first-order chi connectivity index (χ1) is 16.0. The third kappa shape index (κ3) is 6.03. The van der Waals surface area contributed by atoms with Gasteiger partial charge >= 0.3 is 0 Å². The van der Waals surface area contributed by atoms with Crippen molar-refractivity contribution in [2.75, 3.05) is 32.7 Å². The molecule has 0 bridgehead atoms. The molecule has 2 aliphatic heterocycles. The minimum Gasteiger partial charge on any atom is -0.342 e. The van der Waals surface area contributed by atoms with Gasteiger partial charge < -0.3 is 10.2 Å². The van der Waals surface area contributed by atoms with Crippen LogP contribution in [0.25, 0.3) is 0 Å². The summed E-state index contributed by atoms with van der Waals surface area (Å²) in [4.78, 5) is 42.7. The molecule has 3 aliphatic rings. The molecule has 33 heavy (non-hydrogen) atoms. The summed E-state index contributed by atoms with van der Waals surface area (Å²) in [6.07, 6.45) is 9.18. The highest BCUT2D eigenvalue weighted by atomic mass is 16.2. The van der Waals surface area contributed by atoms with E-state index in [-0.39, 0.29) is 36.9 Å². The van der Waals surface area contributed by atoms with Crippen molar-refractivity contribution in [1.29, 1.82) is 0 Å². The highest BCUT2D eigenvalue weighted by Gasteiger charge is 2.31. The van der Waals surface area contributed by atoms with Crippen LogP contribution in [0.15, 0.2) is 24.3 Å². The number of ketones is 1. The molecular formula is C27H41N3O3. The van der Waals surface area contributed by atoms with Gasteiger partial charge in [-0.05, 0) is 68.8 Å². The van der Waals surface area contributed by atoms with E-state index < -0.39 is 0 Å². The fourth-order valence-corrected chi connectivity index (χ4v) is 5.61. The molecule has 2 heterocycles. The molecule has 6 heteroatoms. The number of carbonyl (C=O) groups excluding carboxylic acids is 3. The molecule has 2 atom stereocenters. The standard InChI is InChI=1S/C27H39N3O3.H2/c1-2-24(31)26(20-9-4-3-5-10-20)28-27(33)22-12-6-11-21(17-22)23-13-7-16-30(18-23)25(32)19-29-14-8-15-29;/h6,11-12,17,20,23,26H,2-5,7-10,13-16,18-19H2,1H3,(H,28,33);1H/t23?,26-;/m1./s1. The smallest absolute Gasteiger partial charge is 0.251 e. The minimum absolute atomic E-state index is 0. The monoisotopic (exact) mass is 455 g/mol. The number of carbonyl (C=O) groups is 3. The first kappa shape index (κ1) is 23.9. The Kier molecular flexibility index (Phi) is 8.18. The average molecular weight is 456 g/mol. The van der Waals surface area contributed by atoms with Crippen LogP contribution >= 0.6 is 0 Å². The Morgan fingerprint density at radius 1 is 1.03 bits per heavy atom. The quantitative estimate of drug-likeness (QED) is 0.643. The van der Waals surface area contributed by atoms with Crippen molar-refractivity contribution in [3.05, 3.63) is 35.4 Å². The predicted molar refractivity (Wildman–Crippen MR) is 131 cm³/mol. The van der Waals surface area contributed by atoms with Crippen LogP contribution in [0.4, 0.5) is 0 Å². The number of amides is 2. The third-order valence-corrected chi connectivity index (χ3v) is 7.81. The second-order valence-corrected chi connectivity index (χ2v) is 10.1. The van der Waals surface area contributed by atoms with Crippen molar-refractivity contribution in [2.45, 2.75) is 76.7 Å². The van der Waals surface area contributed by atoms with Gasteiger partial charge in [-0.15, -0.1) is 0 Å². The van der Waals surface area contributed by atoms with Gasteiger partial charge in [-0.2, -0.15) is 0 Å². The number of benzene rings is 1. The van der Waals surface area contributed by atoms with Gasteiger partial charge in [-0.25, -0.2) is 0 Å². The Hall–Kier alpha value is -2.21. The Balaban J connectivity index is 0.00000324. The highest BCUT2D eigenvalue weighted by molar-refractivity contribution is 5.98. The number of piperidine rings is 1. The van der Waals surface area contributed by atoms with Gasteiger partial charge in [-0.1, -0.05) is 38.3 Å².